The van der Waals surface area contributed by atoms with Gasteiger partial charge in [0.1, 0.15) is 5.78 Å². The van der Waals surface area contributed by atoms with Crippen molar-refractivity contribution >= 4 is 11.8 Å². The van der Waals surface area contributed by atoms with Crippen molar-refractivity contribution in [3.8, 4) is 0 Å². The minimum Gasteiger partial charge on any atom is -0.481 e. The van der Waals surface area contributed by atoms with E-state index in [9.17, 15) is 9.59 Å². The quantitative estimate of drug-likeness (QED) is 0.916. The number of carbonyl (C=O) groups is 2. The second-order valence-electron chi connectivity index (χ2n) is 5.62. The lowest BCUT2D eigenvalue weighted by Gasteiger charge is -2.42. The Morgan fingerprint density at radius 2 is 1.95 bits per heavy atom. The number of nitrogens with zero attached hydrogens (tertiary/aromatic N) is 1. The van der Waals surface area contributed by atoms with E-state index in [1.165, 1.54) is 5.56 Å². The molecule has 0 aromatic heterocycles. The van der Waals surface area contributed by atoms with Gasteiger partial charge in [0.05, 0.1) is 6.42 Å². The molecule has 1 aliphatic heterocycles. The Hall–Kier alpha value is -1.68. The fourth-order valence-electron chi connectivity index (χ4n) is 3.03. The van der Waals surface area contributed by atoms with Crippen LogP contribution in [0.5, 0.6) is 0 Å². The maximum atomic E-state index is 12.1. The zero-order valence-electron chi connectivity index (χ0n) is 12.0. The molecule has 1 unspecified atom stereocenters. The van der Waals surface area contributed by atoms with Crippen molar-refractivity contribution in [1.29, 1.82) is 0 Å². The van der Waals surface area contributed by atoms with Crippen molar-refractivity contribution in [2.24, 2.45) is 5.92 Å². The van der Waals surface area contributed by atoms with Gasteiger partial charge in [0.25, 0.3) is 0 Å². The van der Waals surface area contributed by atoms with E-state index in [2.05, 4.69) is 17.0 Å². The summed E-state index contributed by atoms with van der Waals surface area (Å²) in [7, 11) is 0. The van der Waals surface area contributed by atoms with Crippen molar-refractivity contribution in [2.75, 3.05) is 0 Å². The highest BCUT2D eigenvalue weighted by Crippen LogP contribution is 2.29. The third kappa shape index (κ3) is 3.25. The summed E-state index contributed by atoms with van der Waals surface area (Å²) in [5, 5.41) is 8.97. The largest absolute Gasteiger partial charge is 0.481 e. The lowest BCUT2D eigenvalue weighted by molar-refractivity contribution is -0.144. The third-order valence-corrected chi connectivity index (χ3v) is 4.18. The maximum absolute atomic E-state index is 12.1. The average Bonchev–Trinajstić information content (AvgIpc) is 2.40. The lowest BCUT2D eigenvalue weighted by Crippen LogP contribution is -2.52. The van der Waals surface area contributed by atoms with Crippen LogP contribution < -0.4 is 0 Å². The van der Waals surface area contributed by atoms with Crippen molar-refractivity contribution in [3.63, 3.8) is 0 Å². The molecule has 1 aromatic rings. The Balaban J connectivity index is 2.14. The van der Waals surface area contributed by atoms with Gasteiger partial charge in [0.2, 0.25) is 0 Å². The predicted molar refractivity (Wildman–Crippen MR) is 76.3 cm³/mol. The van der Waals surface area contributed by atoms with Gasteiger partial charge in [-0.2, -0.15) is 0 Å². The number of ketones is 1. The molecule has 0 spiro atoms. The minimum absolute atomic E-state index is 0.0393. The molecule has 3 atom stereocenters. The van der Waals surface area contributed by atoms with Crippen LogP contribution in [0.15, 0.2) is 30.3 Å². The molecule has 1 heterocycles. The molecule has 1 N–H and O–H groups in total. The number of Topliss-reactive ketones (excluding diaryl/α,β-unsaturated/α-hetero) is 1. The molecule has 1 saturated heterocycles. The summed E-state index contributed by atoms with van der Waals surface area (Å²) in [6.45, 7) is 4.75. The molecule has 0 aliphatic carbocycles. The number of carboxylic acids is 1. The highest BCUT2D eigenvalue weighted by atomic mass is 16.4. The predicted octanol–water partition coefficient (Wildman–Crippen LogP) is 2.33. The Bertz CT molecular complexity index is 486. The number of hydrogen-bond acceptors (Lipinski definition) is 3. The molecular weight excluding hydrogens is 254 g/mol. The summed E-state index contributed by atoms with van der Waals surface area (Å²) >= 11 is 0. The van der Waals surface area contributed by atoms with E-state index in [-0.39, 0.29) is 24.3 Å². The van der Waals surface area contributed by atoms with E-state index in [1.54, 1.807) is 0 Å². The van der Waals surface area contributed by atoms with E-state index in [4.69, 9.17) is 5.11 Å². The Labute approximate surface area is 119 Å². The van der Waals surface area contributed by atoms with Crippen LogP contribution in [0, 0.1) is 5.92 Å². The molecule has 0 amide bonds. The van der Waals surface area contributed by atoms with Crippen molar-refractivity contribution in [1.82, 2.24) is 4.90 Å². The third-order valence-electron chi connectivity index (χ3n) is 4.18. The minimum atomic E-state index is -0.899. The molecule has 108 valence electrons. The van der Waals surface area contributed by atoms with Gasteiger partial charge in [0, 0.05) is 31.0 Å². The van der Waals surface area contributed by atoms with Crippen molar-refractivity contribution in [3.05, 3.63) is 35.9 Å². The fraction of sp³-hybridized carbons (Fsp3) is 0.500. The molecule has 1 aliphatic rings. The highest BCUT2D eigenvalue weighted by molar-refractivity contribution is 5.86. The van der Waals surface area contributed by atoms with Crippen LogP contribution in [-0.4, -0.2) is 33.8 Å². The van der Waals surface area contributed by atoms with E-state index >= 15 is 0 Å². The smallest absolute Gasteiger partial charge is 0.304 e. The van der Waals surface area contributed by atoms with Crippen LogP contribution in [-0.2, 0) is 16.1 Å². The summed E-state index contributed by atoms with van der Waals surface area (Å²) in [6, 6.07) is 10.2. The van der Waals surface area contributed by atoms with Gasteiger partial charge in [-0.15, -0.1) is 0 Å². The van der Waals surface area contributed by atoms with Crippen molar-refractivity contribution in [2.45, 2.75) is 45.3 Å². The van der Waals surface area contributed by atoms with Gasteiger partial charge in [-0.3, -0.25) is 14.5 Å². The normalized spacial score (nSPS) is 27.5. The number of aliphatic carboxylic acids is 1. The number of rotatable bonds is 4. The first-order valence-corrected chi connectivity index (χ1v) is 7.03. The Morgan fingerprint density at radius 1 is 1.30 bits per heavy atom. The molecule has 1 fully saturated rings. The van der Waals surface area contributed by atoms with Gasteiger partial charge in [-0.1, -0.05) is 30.3 Å². The second-order valence-corrected chi connectivity index (χ2v) is 5.62. The van der Waals surface area contributed by atoms with Crippen LogP contribution in [0.4, 0.5) is 0 Å². The van der Waals surface area contributed by atoms with E-state index in [1.807, 2.05) is 32.0 Å². The zero-order valence-corrected chi connectivity index (χ0v) is 12.0. The SMILES string of the molecule is C[C@@H]1CC(=O)C(CC(=O)O)[C@H](C)N1Cc1ccccc1. The number of hydrogen-bond donors (Lipinski definition) is 1. The molecular formula is C16H21NO3. The second kappa shape index (κ2) is 6.18. The lowest BCUT2D eigenvalue weighted by atomic mass is 9.83. The maximum Gasteiger partial charge on any atom is 0.304 e. The number of carbonyl (C=O) groups excluding carboxylic acids is 1. The number of likely N-dealkylation sites (tertiary alicyclic amines) is 1. The molecule has 20 heavy (non-hydrogen) atoms. The van der Waals surface area contributed by atoms with Crippen LogP contribution in [0.25, 0.3) is 0 Å². The van der Waals surface area contributed by atoms with Gasteiger partial charge in [-0.05, 0) is 19.4 Å². The summed E-state index contributed by atoms with van der Waals surface area (Å²) in [4.78, 5) is 25.2. The van der Waals surface area contributed by atoms with Gasteiger partial charge < -0.3 is 5.11 Å². The molecule has 0 bridgehead atoms. The van der Waals surface area contributed by atoms with Crippen LogP contribution >= 0.6 is 0 Å². The van der Waals surface area contributed by atoms with Crippen LogP contribution in [0.2, 0.25) is 0 Å². The Kier molecular flexibility index (Phi) is 4.55. The highest BCUT2D eigenvalue weighted by Gasteiger charge is 2.38. The van der Waals surface area contributed by atoms with E-state index in [0.29, 0.717) is 6.42 Å². The van der Waals surface area contributed by atoms with Gasteiger partial charge >= 0.3 is 5.97 Å². The van der Waals surface area contributed by atoms with Gasteiger partial charge in [0.15, 0.2) is 0 Å². The Morgan fingerprint density at radius 3 is 2.55 bits per heavy atom. The summed E-state index contributed by atoms with van der Waals surface area (Å²) in [6.07, 6.45) is 0.368. The zero-order chi connectivity index (χ0) is 14.7. The first-order chi connectivity index (χ1) is 9.49. The molecule has 1 aromatic carbocycles. The molecule has 4 heteroatoms. The monoisotopic (exact) mass is 275 g/mol. The fourth-order valence-corrected chi connectivity index (χ4v) is 3.03. The van der Waals surface area contributed by atoms with E-state index in [0.717, 1.165) is 6.54 Å². The van der Waals surface area contributed by atoms with E-state index < -0.39 is 11.9 Å². The number of carboxylic acid groups (broad SMARTS) is 1. The standard InChI is InChI=1S/C16H21NO3/c1-11-8-15(18)14(9-16(19)20)12(2)17(11)10-13-6-4-3-5-7-13/h3-7,11-12,14H,8-10H2,1-2H3,(H,19,20)/t11-,12+,14?/m1/s1. The first kappa shape index (κ1) is 14.7. The topological polar surface area (TPSA) is 57.6 Å². The number of piperidine rings is 1. The molecule has 2 rings (SSSR count). The average molecular weight is 275 g/mol. The van der Waals surface area contributed by atoms with Gasteiger partial charge in [-0.25, -0.2) is 0 Å². The summed E-state index contributed by atoms with van der Waals surface area (Å²) in [5.41, 5.74) is 1.19. The summed E-state index contributed by atoms with van der Waals surface area (Å²) in [5.74, 6) is -1.21. The van der Waals surface area contributed by atoms with Crippen LogP contribution in [0.1, 0.15) is 32.3 Å². The molecule has 4 nitrogen and oxygen atoms in total. The van der Waals surface area contributed by atoms with Crippen LogP contribution in [0.3, 0.4) is 0 Å². The molecule has 0 saturated carbocycles. The van der Waals surface area contributed by atoms with Crippen molar-refractivity contribution < 1.29 is 14.7 Å². The molecule has 0 radical (unpaired) electrons. The first-order valence-electron chi connectivity index (χ1n) is 7.03. The number of benzene rings is 1. The summed E-state index contributed by atoms with van der Waals surface area (Å²) < 4.78 is 0.